The molecule has 0 saturated heterocycles. The van der Waals surface area contributed by atoms with Crippen LogP contribution in [0.15, 0.2) is 66.5 Å². The number of imidazole rings is 1. The Morgan fingerprint density at radius 1 is 1.13 bits per heavy atom. The van der Waals surface area contributed by atoms with Crippen LogP contribution in [0.3, 0.4) is 0 Å². The number of fused-ring (bicyclic) bond motifs is 1. The Morgan fingerprint density at radius 2 is 1.77 bits per heavy atom. The van der Waals surface area contributed by atoms with Crippen LogP contribution in [0.4, 0.5) is 0 Å². The number of carbonyl (C=O) groups excluding carboxylic acids is 1. The van der Waals surface area contributed by atoms with Crippen molar-refractivity contribution >= 4 is 16.9 Å². The fourth-order valence-electron chi connectivity index (χ4n) is 3.03. The highest BCUT2D eigenvalue weighted by Gasteiger charge is 2.23. The molecule has 0 fully saturated rings. The third kappa shape index (κ3) is 7.17. The molecule has 1 atom stereocenters. The van der Waals surface area contributed by atoms with Gasteiger partial charge in [0.2, 0.25) is 5.91 Å². The largest absolute Gasteiger partial charge is 0.497 e. The average Bonchev–Trinajstić information content (AvgIpc) is 3.16. The number of nitrogens with zero attached hydrogens (tertiary/aromatic N) is 1. The Labute approximate surface area is 184 Å². The second-order valence-electron chi connectivity index (χ2n) is 6.84. The van der Waals surface area contributed by atoms with Gasteiger partial charge in [-0.1, -0.05) is 57.0 Å². The van der Waals surface area contributed by atoms with Crippen LogP contribution in [0.25, 0.3) is 11.0 Å². The lowest BCUT2D eigenvalue weighted by molar-refractivity contribution is -0.124. The first-order valence-corrected chi connectivity index (χ1v) is 10.6. The first-order chi connectivity index (χ1) is 15.0. The van der Waals surface area contributed by atoms with E-state index in [1.54, 1.807) is 32.4 Å². The number of amides is 1. The van der Waals surface area contributed by atoms with Crippen LogP contribution in [0, 0.1) is 0 Å². The van der Waals surface area contributed by atoms with Gasteiger partial charge < -0.3 is 15.0 Å². The Kier molecular flexibility index (Phi) is 11.5. The van der Waals surface area contributed by atoms with Crippen LogP contribution in [-0.2, 0) is 11.2 Å². The van der Waals surface area contributed by atoms with Crippen LogP contribution in [0.1, 0.15) is 44.7 Å². The van der Waals surface area contributed by atoms with Crippen LogP contribution >= 0.6 is 0 Å². The van der Waals surface area contributed by atoms with Crippen molar-refractivity contribution < 1.29 is 9.53 Å². The summed E-state index contributed by atoms with van der Waals surface area (Å²) in [5.41, 5.74) is 2.16. The zero-order valence-electron chi connectivity index (χ0n) is 19.1. The molecule has 6 nitrogen and oxygen atoms in total. The number of likely N-dealkylation sites (N-methyl/N-ethyl adjacent to an activating group) is 1. The highest BCUT2D eigenvalue weighted by atomic mass is 16.5. The Balaban J connectivity index is 0.000000720. The first-order valence-electron chi connectivity index (χ1n) is 10.6. The highest BCUT2D eigenvalue weighted by Crippen LogP contribution is 2.23. The minimum absolute atomic E-state index is 0.193. The van der Waals surface area contributed by atoms with Gasteiger partial charge in [0.15, 0.2) is 0 Å². The van der Waals surface area contributed by atoms with Crippen molar-refractivity contribution in [1.29, 1.82) is 0 Å². The molecule has 0 radical (unpaired) electrons. The number of aromatic amines is 1. The van der Waals surface area contributed by atoms with Gasteiger partial charge in [-0.3, -0.25) is 9.36 Å². The number of aryl methyl sites for hydroxylation is 1. The maximum Gasteiger partial charge on any atom is 0.327 e. The van der Waals surface area contributed by atoms with Crippen LogP contribution in [-0.4, -0.2) is 29.6 Å². The summed E-state index contributed by atoms with van der Waals surface area (Å²) in [6.07, 6.45) is 3.86. The summed E-state index contributed by atoms with van der Waals surface area (Å²) >= 11 is 0. The van der Waals surface area contributed by atoms with Gasteiger partial charge in [0.25, 0.3) is 0 Å². The standard InChI is InChI=1S/C19H21N3O3.C4H10.C2H4/c1-20-18(23)16(11-8-13-6-4-3-5-7-13)22-17-12-14(25-2)9-10-15(17)21-19(22)24;1-3-4-2;1-2/h3-7,9-10,12,16H,8,11H2,1-2H3,(H,20,23)(H,21,24);3-4H2,1-2H3;1-2H2. The molecule has 0 aliphatic carbocycles. The number of ether oxygens (including phenoxy) is 1. The van der Waals surface area contributed by atoms with E-state index in [0.717, 1.165) is 5.56 Å². The molecule has 0 saturated carbocycles. The number of benzene rings is 2. The highest BCUT2D eigenvalue weighted by molar-refractivity contribution is 5.84. The molecule has 0 aliphatic heterocycles. The summed E-state index contributed by atoms with van der Waals surface area (Å²) in [5.74, 6) is 0.445. The number of nitrogens with one attached hydrogen (secondary N) is 2. The van der Waals surface area contributed by atoms with E-state index >= 15 is 0 Å². The Bertz CT molecular complexity index is 975. The van der Waals surface area contributed by atoms with E-state index in [4.69, 9.17) is 4.74 Å². The predicted molar refractivity (Wildman–Crippen MR) is 129 cm³/mol. The maximum atomic E-state index is 12.5. The maximum absolute atomic E-state index is 12.5. The van der Waals surface area contributed by atoms with Gasteiger partial charge in [0, 0.05) is 13.1 Å². The van der Waals surface area contributed by atoms with Crippen molar-refractivity contribution in [2.45, 2.75) is 45.6 Å². The van der Waals surface area contributed by atoms with Gasteiger partial charge in [-0.15, -0.1) is 13.2 Å². The van der Waals surface area contributed by atoms with Crippen molar-refractivity contribution in [3.63, 3.8) is 0 Å². The van der Waals surface area contributed by atoms with Gasteiger partial charge in [0.05, 0.1) is 18.1 Å². The molecule has 1 heterocycles. The molecule has 0 aliphatic rings. The summed E-state index contributed by atoms with van der Waals surface area (Å²) in [7, 11) is 3.15. The zero-order valence-corrected chi connectivity index (χ0v) is 19.1. The number of unbranched alkanes of at least 4 members (excludes halogenated alkanes) is 1. The molecule has 1 amide bonds. The van der Waals surface area contributed by atoms with Crippen molar-refractivity contribution in [3.8, 4) is 5.75 Å². The molecular weight excluding hydrogens is 390 g/mol. The summed E-state index contributed by atoms with van der Waals surface area (Å²) in [6.45, 7) is 10.4. The Morgan fingerprint density at radius 3 is 2.32 bits per heavy atom. The number of rotatable bonds is 7. The minimum atomic E-state index is -0.599. The lowest BCUT2D eigenvalue weighted by Crippen LogP contribution is -2.35. The third-order valence-corrected chi connectivity index (χ3v) is 4.83. The molecule has 31 heavy (non-hydrogen) atoms. The summed E-state index contributed by atoms with van der Waals surface area (Å²) in [6, 6.07) is 14.6. The third-order valence-electron chi connectivity index (χ3n) is 4.83. The lowest BCUT2D eigenvalue weighted by atomic mass is 10.0. The summed E-state index contributed by atoms with van der Waals surface area (Å²) in [4.78, 5) is 27.8. The SMILES string of the molecule is C=C.CCCC.CNC(=O)C(CCc1ccccc1)n1c(=O)[nH]c2ccc(OC)cc21. The molecule has 6 heteroatoms. The number of carbonyl (C=O) groups is 1. The number of hydrogen-bond acceptors (Lipinski definition) is 3. The molecule has 3 aromatic rings. The van der Waals surface area contributed by atoms with Crippen molar-refractivity contribution in [2.75, 3.05) is 14.2 Å². The van der Waals surface area contributed by atoms with Crippen LogP contribution in [0.2, 0.25) is 0 Å². The number of methoxy groups -OCH3 is 1. The van der Waals surface area contributed by atoms with Crippen molar-refractivity contribution in [3.05, 3.63) is 77.7 Å². The van der Waals surface area contributed by atoms with Crippen LogP contribution < -0.4 is 15.7 Å². The van der Waals surface area contributed by atoms with Gasteiger partial charge in [-0.2, -0.15) is 0 Å². The zero-order chi connectivity index (χ0) is 23.2. The van der Waals surface area contributed by atoms with Gasteiger partial charge in [-0.05, 0) is 30.5 Å². The monoisotopic (exact) mass is 425 g/mol. The quantitative estimate of drug-likeness (QED) is 0.531. The summed E-state index contributed by atoms with van der Waals surface area (Å²) < 4.78 is 6.77. The van der Waals surface area contributed by atoms with E-state index in [0.29, 0.717) is 29.6 Å². The molecule has 168 valence electrons. The van der Waals surface area contributed by atoms with Gasteiger partial charge >= 0.3 is 5.69 Å². The fourth-order valence-corrected chi connectivity index (χ4v) is 3.03. The van der Waals surface area contributed by atoms with Crippen molar-refractivity contribution in [2.24, 2.45) is 0 Å². The smallest absolute Gasteiger partial charge is 0.327 e. The molecule has 3 rings (SSSR count). The van der Waals surface area contributed by atoms with E-state index in [-0.39, 0.29) is 11.6 Å². The molecule has 2 aromatic carbocycles. The molecule has 0 bridgehead atoms. The molecule has 0 spiro atoms. The number of aromatic nitrogens is 2. The molecule has 2 N–H and O–H groups in total. The van der Waals surface area contributed by atoms with Crippen molar-refractivity contribution in [1.82, 2.24) is 14.9 Å². The second kappa shape index (κ2) is 13.9. The topological polar surface area (TPSA) is 76.1 Å². The minimum Gasteiger partial charge on any atom is -0.497 e. The first kappa shape index (κ1) is 25.8. The fraction of sp³-hybridized carbons (Fsp3) is 0.360. The van der Waals surface area contributed by atoms with Gasteiger partial charge in [-0.25, -0.2) is 4.79 Å². The molecular formula is C25H35N3O3. The van der Waals surface area contributed by atoms with Gasteiger partial charge in [0.1, 0.15) is 11.8 Å². The Hall–Kier alpha value is -3.28. The number of H-pyrrole nitrogens is 1. The summed E-state index contributed by atoms with van der Waals surface area (Å²) in [5, 5.41) is 2.67. The van der Waals surface area contributed by atoms with E-state index in [9.17, 15) is 9.59 Å². The predicted octanol–water partition coefficient (Wildman–Crippen LogP) is 4.87. The van der Waals surface area contributed by atoms with E-state index in [2.05, 4.69) is 37.3 Å². The normalized spacial score (nSPS) is 10.8. The molecule has 1 aromatic heterocycles. The second-order valence-corrected chi connectivity index (χ2v) is 6.84. The van der Waals surface area contributed by atoms with E-state index in [1.165, 1.54) is 17.4 Å². The molecule has 1 unspecified atom stereocenters. The van der Waals surface area contributed by atoms with E-state index in [1.807, 2.05) is 30.3 Å². The van der Waals surface area contributed by atoms with E-state index < -0.39 is 6.04 Å². The lowest BCUT2D eigenvalue weighted by Gasteiger charge is -2.17. The van der Waals surface area contributed by atoms with Crippen LogP contribution in [0.5, 0.6) is 5.75 Å². The average molecular weight is 426 g/mol. The number of hydrogen-bond donors (Lipinski definition) is 2.